The van der Waals surface area contributed by atoms with Crippen LogP contribution in [0.1, 0.15) is 310 Å². The molecule has 0 aromatic rings. The van der Waals surface area contributed by atoms with Crippen molar-refractivity contribution in [2.45, 2.75) is 359 Å². The van der Waals surface area contributed by atoms with E-state index in [9.17, 15) is 35.1 Å². The van der Waals surface area contributed by atoms with Crippen molar-refractivity contribution in [3.8, 4) is 0 Å². The number of aliphatic hydroxyl groups excluding tert-OH is 5. The SMILES string of the molecule is CC/C=C\C/C=C\C/C=C\C/C=C\C/C=C\CCCCCCCC(=O)OC1C(OCC(NC(=O)C(O)CCCCCCCCCCCCCCCCCCCCCCCC)C(O)/C=C/CCCCCCCCCCC)OC(CO)C(O)C1O. The van der Waals surface area contributed by atoms with Crippen LogP contribution in [0.15, 0.2) is 72.9 Å². The zero-order valence-corrected chi connectivity index (χ0v) is 53.6. The lowest BCUT2D eigenvalue weighted by molar-refractivity contribution is -0.305. The average Bonchev–Trinajstić information content (AvgIpc) is 3.69. The van der Waals surface area contributed by atoms with E-state index in [1.165, 1.54) is 161 Å². The van der Waals surface area contributed by atoms with Crippen LogP contribution in [0.5, 0.6) is 0 Å². The number of allylic oxidation sites excluding steroid dienone is 11. The fourth-order valence-corrected chi connectivity index (χ4v) is 10.7. The molecule has 1 rings (SSSR count). The fraction of sp³-hybridized carbons (Fsp3) is 0.806. The molecule has 11 nitrogen and oxygen atoms in total. The standard InChI is InChI=1S/C72H129NO10/c1-4-7-10-13-16-19-22-24-26-28-30-32-34-35-37-39-41-44-47-50-53-56-59-65(76)71(80)73-63(64(75)58-55-52-49-46-43-21-18-15-12-9-6-3)62-81-72-70(69(79)68(78)66(61-74)82-72)83-67(77)60-57-54-51-48-45-42-40-38-36-33-31-29-27-25-23-20-17-14-11-8-5-2/h8,11,17,20,25,27,31,33,38,40,55,58,63-66,68-70,72,74-76,78-79H,4-7,9-10,12-16,18-19,21-24,26,28-30,32,34-37,39,41-54,56-57,59-62H2,1-3H3,(H,73,80)/b11-8-,20-17-,27-25-,33-31-,40-38-,58-55+. The third kappa shape index (κ3) is 46.9. The first kappa shape index (κ1) is 78.1. The Labute approximate surface area is 509 Å². The van der Waals surface area contributed by atoms with Crippen LogP contribution in [0.3, 0.4) is 0 Å². The molecule has 1 amide bonds. The number of amides is 1. The van der Waals surface area contributed by atoms with Gasteiger partial charge in [0.25, 0.3) is 0 Å². The van der Waals surface area contributed by atoms with Gasteiger partial charge >= 0.3 is 5.97 Å². The Morgan fingerprint density at radius 2 is 0.867 bits per heavy atom. The normalized spacial score (nSPS) is 19.0. The zero-order chi connectivity index (χ0) is 60.3. The van der Waals surface area contributed by atoms with Crippen LogP contribution in [-0.2, 0) is 23.8 Å². The lowest BCUT2D eigenvalue weighted by Crippen LogP contribution is -2.61. The van der Waals surface area contributed by atoms with Crippen molar-refractivity contribution in [2.24, 2.45) is 0 Å². The predicted octanol–water partition coefficient (Wildman–Crippen LogP) is 17.5. The summed E-state index contributed by atoms with van der Waals surface area (Å²) in [5.74, 6) is -1.21. The van der Waals surface area contributed by atoms with Crippen LogP contribution in [0.4, 0.5) is 0 Å². The maximum absolute atomic E-state index is 13.5. The molecule has 6 N–H and O–H groups in total. The summed E-state index contributed by atoms with van der Waals surface area (Å²) in [6.45, 7) is 5.69. The van der Waals surface area contributed by atoms with Crippen LogP contribution < -0.4 is 5.32 Å². The Balaban J connectivity index is 2.59. The maximum atomic E-state index is 13.5. The molecule has 1 heterocycles. The quantitative estimate of drug-likeness (QED) is 0.0195. The lowest BCUT2D eigenvalue weighted by atomic mass is 9.99. The number of carbonyl (C=O) groups excluding carboxylic acids is 2. The van der Waals surface area contributed by atoms with E-state index in [0.29, 0.717) is 19.3 Å². The molecule has 482 valence electrons. The van der Waals surface area contributed by atoms with E-state index in [2.05, 4.69) is 86.8 Å². The second-order valence-electron chi connectivity index (χ2n) is 23.9. The third-order valence-electron chi connectivity index (χ3n) is 16.1. The van der Waals surface area contributed by atoms with Crippen LogP contribution in [-0.4, -0.2) is 99.6 Å². The second kappa shape index (κ2) is 59.4. The van der Waals surface area contributed by atoms with Crippen molar-refractivity contribution in [3.63, 3.8) is 0 Å². The van der Waals surface area contributed by atoms with Gasteiger partial charge in [-0.25, -0.2) is 0 Å². The fourth-order valence-electron chi connectivity index (χ4n) is 10.7. The largest absolute Gasteiger partial charge is 0.454 e. The van der Waals surface area contributed by atoms with E-state index in [4.69, 9.17) is 14.2 Å². The van der Waals surface area contributed by atoms with E-state index >= 15 is 0 Å². The first-order valence-corrected chi connectivity index (χ1v) is 34.7. The number of aliphatic hydroxyl groups is 5. The molecular formula is C72H129NO10. The zero-order valence-electron chi connectivity index (χ0n) is 53.6. The summed E-state index contributed by atoms with van der Waals surface area (Å²) in [6.07, 6.45) is 66.6. The van der Waals surface area contributed by atoms with Crippen molar-refractivity contribution in [3.05, 3.63) is 72.9 Å². The summed E-state index contributed by atoms with van der Waals surface area (Å²) < 4.78 is 17.7. The molecule has 1 fully saturated rings. The Hall–Kier alpha value is -2.90. The van der Waals surface area contributed by atoms with Gasteiger partial charge in [-0.05, 0) is 70.6 Å². The van der Waals surface area contributed by atoms with E-state index in [1.54, 1.807) is 6.08 Å². The highest BCUT2D eigenvalue weighted by Crippen LogP contribution is 2.26. The van der Waals surface area contributed by atoms with Gasteiger partial charge in [-0.2, -0.15) is 0 Å². The smallest absolute Gasteiger partial charge is 0.306 e. The third-order valence-corrected chi connectivity index (χ3v) is 16.1. The maximum Gasteiger partial charge on any atom is 0.306 e. The number of nitrogens with one attached hydrogen (secondary N) is 1. The Morgan fingerprint density at radius 1 is 0.482 bits per heavy atom. The van der Waals surface area contributed by atoms with E-state index < -0.39 is 67.4 Å². The second-order valence-corrected chi connectivity index (χ2v) is 23.9. The van der Waals surface area contributed by atoms with Crippen LogP contribution in [0.2, 0.25) is 0 Å². The minimum atomic E-state index is -1.62. The molecule has 0 aliphatic carbocycles. The van der Waals surface area contributed by atoms with Crippen molar-refractivity contribution in [2.75, 3.05) is 13.2 Å². The molecule has 0 bridgehead atoms. The predicted molar refractivity (Wildman–Crippen MR) is 347 cm³/mol. The number of esters is 1. The molecule has 1 saturated heterocycles. The van der Waals surface area contributed by atoms with Crippen molar-refractivity contribution in [1.29, 1.82) is 0 Å². The summed E-state index contributed by atoms with van der Waals surface area (Å²) in [5.41, 5.74) is 0. The highest BCUT2D eigenvalue weighted by Gasteiger charge is 2.47. The van der Waals surface area contributed by atoms with Crippen LogP contribution in [0.25, 0.3) is 0 Å². The number of hydrogen-bond acceptors (Lipinski definition) is 10. The molecule has 0 saturated carbocycles. The number of carbonyl (C=O) groups is 2. The number of hydrogen-bond donors (Lipinski definition) is 6. The van der Waals surface area contributed by atoms with Gasteiger partial charge in [-0.15, -0.1) is 0 Å². The van der Waals surface area contributed by atoms with E-state index in [-0.39, 0.29) is 13.0 Å². The Bertz CT molecular complexity index is 1630. The molecule has 1 aliphatic rings. The number of ether oxygens (including phenoxy) is 3. The minimum absolute atomic E-state index is 0.100. The molecule has 1 aliphatic heterocycles. The highest BCUT2D eigenvalue weighted by atomic mass is 16.7. The minimum Gasteiger partial charge on any atom is -0.454 e. The molecule has 83 heavy (non-hydrogen) atoms. The van der Waals surface area contributed by atoms with Gasteiger partial charge in [0.2, 0.25) is 5.91 Å². The van der Waals surface area contributed by atoms with Gasteiger partial charge in [0.15, 0.2) is 12.4 Å². The van der Waals surface area contributed by atoms with Crippen molar-refractivity contribution in [1.82, 2.24) is 5.32 Å². The summed E-state index contributed by atoms with van der Waals surface area (Å²) >= 11 is 0. The van der Waals surface area contributed by atoms with Crippen molar-refractivity contribution >= 4 is 11.9 Å². The summed E-state index contributed by atoms with van der Waals surface area (Å²) in [5, 5.41) is 57.2. The highest BCUT2D eigenvalue weighted by molar-refractivity contribution is 5.80. The molecule has 11 heteroatoms. The monoisotopic (exact) mass is 1170 g/mol. The van der Waals surface area contributed by atoms with Gasteiger partial charge < -0.3 is 45.1 Å². The molecule has 0 spiro atoms. The first-order valence-electron chi connectivity index (χ1n) is 34.7. The van der Waals surface area contributed by atoms with Gasteiger partial charge in [0.1, 0.15) is 24.4 Å². The van der Waals surface area contributed by atoms with Gasteiger partial charge in [0, 0.05) is 6.42 Å². The van der Waals surface area contributed by atoms with Gasteiger partial charge in [0.05, 0.1) is 25.4 Å². The number of rotatable bonds is 59. The van der Waals surface area contributed by atoms with Gasteiger partial charge in [-0.3, -0.25) is 9.59 Å². The van der Waals surface area contributed by atoms with E-state index in [0.717, 1.165) is 103 Å². The van der Waals surface area contributed by atoms with Gasteiger partial charge in [-0.1, -0.05) is 306 Å². The Kier molecular flexibility index (Phi) is 55.9. The van der Waals surface area contributed by atoms with E-state index in [1.807, 2.05) is 6.08 Å². The average molecular weight is 1170 g/mol. The van der Waals surface area contributed by atoms with Crippen LogP contribution >= 0.6 is 0 Å². The number of unbranched alkanes of at least 4 members (excludes halogenated alkanes) is 35. The molecule has 0 radical (unpaired) electrons. The first-order chi connectivity index (χ1) is 40.7. The summed E-state index contributed by atoms with van der Waals surface area (Å²) in [7, 11) is 0. The molecule has 0 aromatic carbocycles. The Morgan fingerprint density at radius 3 is 1.30 bits per heavy atom. The molecule has 8 atom stereocenters. The summed E-state index contributed by atoms with van der Waals surface area (Å²) in [6, 6.07) is -1.03. The molecule has 8 unspecified atom stereocenters. The van der Waals surface area contributed by atoms with Crippen LogP contribution in [0, 0.1) is 0 Å². The van der Waals surface area contributed by atoms with Crippen molar-refractivity contribution < 1.29 is 49.3 Å². The molecular weight excluding hydrogens is 1040 g/mol. The summed E-state index contributed by atoms with van der Waals surface area (Å²) in [4.78, 5) is 26.6. The lowest BCUT2D eigenvalue weighted by Gasteiger charge is -2.41. The molecule has 0 aromatic heterocycles. The topological polar surface area (TPSA) is 175 Å².